The molecule has 0 aliphatic heterocycles. The molecule has 37 heavy (non-hydrogen) atoms. The second kappa shape index (κ2) is 11.4. The summed E-state index contributed by atoms with van der Waals surface area (Å²) in [6.07, 6.45) is -4.06. The molecule has 0 aliphatic rings. The first-order chi connectivity index (χ1) is 17.1. The lowest BCUT2D eigenvalue weighted by molar-refractivity contribution is -0.192. The summed E-state index contributed by atoms with van der Waals surface area (Å²) in [5.41, 5.74) is 7.08. The number of nitrogens with one attached hydrogen (secondary N) is 2. The minimum absolute atomic E-state index is 0.0470. The number of nitrogen functional groups attached to an aromatic ring is 1. The van der Waals surface area contributed by atoms with Gasteiger partial charge in [-0.05, 0) is 54.1 Å². The van der Waals surface area contributed by atoms with Crippen LogP contribution in [0.2, 0.25) is 0 Å². The minimum Gasteiger partial charge on any atom is -0.478 e. The summed E-state index contributed by atoms with van der Waals surface area (Å²) in [5.74, 6) is -3.18. The summed E-state index contributed by atoms with van der Waals surface area (Å²) >= 11 is 0. The number of sulfonamides is 1. The normalized spacial score (nSPS) is 11.0. The van der Waals surface area contributed by atoms with E-state index >= 15 is 0 Å². The summed E-state index contributed by atoms with van der Waals surface area (Å²) in [7, 11) is -3.53. The van der Waals surface area contributed by atoms with Crippen molar-refractivity contribution in [2.24, 2.45) is 5.73 Å². The minimum atomic E-state index is -5.08. The number of aliphatic carboxylic acids is 1. The van der Waals surface area contributed by atoms with Gasteiger partial charge in [0, 0.05) is 16.8 Å². The highest BCUT2D eigenvalue weighted by atomic mass is 32.2. The third-order valence-electron chi connectivity index (χ3n) is 4.37. The van der Waals surface area contributed by atoms with Crippen LogP contribution in [0.4, 0.5) is 18.9 Å². The highest BCUT2D eigenvalue weighted by Gasteiger charge is 2.38. The van der Waals surface area contributed by atoms with Gasteiger partial charge < -0.3 is 20.7 Å². The fraction of sp³-hybridized carbons (Fsp3) is 0.0870. The van der Waals surface area contributed by atoms with Crippen LogP contribution >= 0.6 is 0 Å². The zero-order valence-corrected chi connectivity index (χ0v) is 19.7. The van der Waals surface area contributed by atoms with Crippen LogP contribution in [0, 0.1) is 5.41 Å². The maximum absolute atomic E-state index is 11.7. The van der Waals surface area contributed by atoms with E-state index in [9.17, 15) is 31.5 Å². The Morgan fingerprint density at radius 3 is 2.03 bits per heavy atom. The van der Waals surface area contributed by atoms with Gasteiger partial charge in [0.25, 0.3) is 0 Å². The molecule has 0 aromatic heterocycles. The number of ether oxygens (including phenoxy) is 1. The first-order valence-corrected chi connectivity index (χ1v) is 11.8. The number of halogens is 3. The molecule has 10 nitrogen and oxygen atoms in total. The number of hydrogen-bond donors (Lipinski definition) is 5. The summed E-state index contributed by atoms with van der Waals surface area (Å²) < 4.78 is 63.3. The molecule has 0 radical (unpaired) electrons. The Labute approximate surface area is 208 Å². The van der Waals surface area contributed by atoms with Crippen LogP contribution < -0.4 is 15.2 Å². The van der Waals surface area contributed by atoms with Crippen molar-refractivity contribution in [2.75, 3.05) is 11.0 Å². The third-order valence-corrected chi connectivity index (χ3v) is 4.97. The lowest BCUT2D eigenvalue weighted by Gasteiger charge is -2.15. The smallest absolute Gasteiger partial charge is 0.478 e. The fourth-order valence-electron chi connectivity index (χ4n) is 2.84. The molecule has 14 heteroatoms. The van der Waals surface area contributed by atoms with Gasteiger partial charge in [0.2, 0.25) is 10.0 Å². The van der Waals surface area contributed by atoms with Gasteiger partial charge in [-0.25, -0.2) is 18.0 Å². The fourth-order valence-corrected chi connectivity index (χ4v) is 3.40. The van der Waals surface area contributed by atoms with Crippen LogP contribution in [0.15, 0.2) is 66.7 Å². The molecule has 0 saturated carbocycles. The molecule has 3 rings (SSSR count). The Kier molecular flexibility index (Phi) is 8.85. The third kappa shape index (κ3) is 8.54. The quantitative estimate of drug-likeness (QED) is 0.219. The molecular formula is C23H20F3N3O7S. The summed E-state index contributed by atoms with van der Waals surface area (Å²) in [6, 6.07) is 17.5. The highest BCUT2D eigenvalue weighted by molar-refractivity contribution is 7.92. The van der Waals surface area contributed by atoms with Crippen molar-refractivity contribution >= 4 is 33.5 Å². The first-order valence-electron chi connectivity index (χ1n) is 9.95. The molecule has 0 spiro atoms. The lowest BCUT2D eigenvalue weighted by Crippen LogP contribution is -2.21. The molecule has 6 N–H and O–H groups in total. The number of nitrogens with two attached hydrogens (primary N) is 1. The first kappa shape index (κ1) is 28.6. The van der Waals surface area contributed by atoms with Gasteiger partial charge in [0.05, 0.1) is 11.8 Å². The number of aromatic carboxylic acids is 1. The van der Waals surface area contributed by atoms with Gasteiger partial charge in [-0.2, -0.15) is 13.2 Å². The zero-order valence-electron chi connectivity index (χ0n) is 18.9. The standard InChI is InChI=1S/C21H19N3O5S.C2HF3O2/c1-30(27,28)24-14-8-11-19(29-15-9-6-13(7-10-15)20(22)23)18(12-14)16-4-2-3-5-17(16)21(25)26;3-2(4,5)1(6)7/h2-12,24H,1H3,(H3,22,23)(H,25,26);(H,6,7). The van der Waals surface area contributed by atoms with E-state index in [0.717, 1.165) is 6.26 Å². The van der Waals surface area contributed by atoms with Crippen molar-refractivity contribution in [3.05, 3.63) is 77.9 Å². The van der Waals surface area contributed by atoms with Crippen LogP contribution in [0.5, 0.6) is 11.5 Å². The van der Waals surface area contributed by atoms with Gasteiger partial charge in [0.1, 0.15) is 17.3 Å². The van der Waals surface area contributed by atoms with Crippen molar-refractivity contribution in [3.8, 4) is 22.6 Å². The number of carbonyl (C=O) groups is 2. The van der Waals surface area contributed by atoms with Crippen molar-refractivity contribution < 1.29 is 46.1 Å². The molecule has 0 amide bonds. The highest BCUT2D eigenvalue weighted by Crippen LogP contribution is 2.37. The van der Waals surface area contributed by atoms with Crippen LogP contribution in [-0.4, -0.2) is 48.8 Å². The van der Waals surface area contributed by atoms with Crippen molar-refractivity contribution in [3.63, 3.8) is 0 Å². The topological polar surface area (TPSA) is 180 Å². The number of benzene rings is 3. The Morgan fingerprint density at radius 1 is 0.973 bits per heavy atom. The molecule has 0 atom stereocenters. The van der Waals surface area contributed by atoms with Crippen LogP contribution in [0.1, 0.15) is 15.9 Å². The Hall–Kier alpha value is -4.59. The number of amidine groups is 1. The predicted molar refractivity (Wildman–Crippen MR) is 129 cm³/mol. The molecule has 0 bridgehead atoms. The van der Waals surface area contributed by atoms with E-state index in [-0.39, 0.29) is 17.1 Å². The average Bonchev–Trinajstić information content (AvgIpc) is 2.79. The van der Waals surface area contributed by atoms with E-state index in [4.69, 9.17) is 25.8 Å². The van der Waals surface area contributed by atoms with E-state index in [1.165, 1.54) is 18.2 Å². The zero-order chi connectivity index (χ0) is 28.0. The maximum Gasteiger partial charge on any atom is 0.490 e. The summed E-state index contributed by atoms with van der Waals surface area (Å²) in [5, 5.41) is 24.1. The molecule has 3 aromatic rings. The number of hydrogen-bond acceptors (Lipinski definition) is 6. The van der Waals surface area contributed by atoms with Crippen molar-refractivity contribution in [1.82, 2.24) is 0 Å². The second-order valence-corrected chi connectivity index (χ2v) is 9.03. The molecule has 0 saturated heterocycles. The van der Waals surface area contributed by atoms with Gasteiger partial charge in [-0.1, -0.05) is 18.2 Å². The van der Waals surface area contributed by atoms with Gasteiger partial charge in [-0.15, -0.1) is 0 Å². The largest absolute Gasteiger partial charge is 0.490 e. The van der Waals surface area contributed by atoms with Crippen LogP contribution in [-0.2, 0) is 14.8 Å². The number of rotatable bonds is 7. The Balaban J connectivity index is 0.000000604. The number of anilines is 1. The molecule has 0 unspecified atom stereocenters. The van der Waals surface area contributed by atoms with Gasteiger partial charge in [0.15, 0.2) is 0 Å². The van der Waals surface area contributed by atoms with E-state index < -0.39 is 28.1 Å². The number of carboxylic acids is 2. The second-order valence-electron chi connectivity index (χ2n) is 7.28. The van der Waals surface area contributed by atoms with E-state index in [1.807, 2.05) is 0 Å². The van der Waals surface area contributed by atoms with Gasteiger partial charge >= 0.3 is 18.1 Å². The predicted octanol–water partition coefficient (Wildman–Crippen LogP) is 4.13. The molecule has 0 fully saturated rings. The molecular weight excluding hydrogens is 519 g/mol. The molecule has 0 heterocycles. The number of alkyl halides is 3. The Bertz CT molecular complexity index is 1420. The van der Waals surface area contributed by atoms with E-state index in [1.54, 1.807) is 48.5 Å². The summed E-state index contributed by atoms with van der Waals surface area (Å²) in [4.78, 5) is 20.6. The average molecular weight is 539 g/mol. The van der Waals surface area contributed by atoms with Gasteiger partial charge in [-0.3, -0.25) is 10.1 Å². The Morgan fingerprint density at radius 2 is 1.54 bits per heavy atom. The SMILES string of the molecule is CS(=O)(=O)Nc1ccc(Oc2ccc(C(=N)N)cc2)c(-c2ccccc2C(=O)O)c1.O=C(O)C(F)(F)F. The van der Waals surface area contributed by atoms with Crippen molar-refractivity contribution in [2.45, 2.75) is 6.18 Å². The lowest BCUT2D eigenvalue weighted by atomic mass is 9.98. The van der Waals surface area contributed by atoms with E-state index in [0.29, 0.717) is 28.2 Å². The molecule has 3 aromatic carbocycles. The molecule has 196 valence electrons. The van der Waals surface area contributed by atoms with Crippen LogP contribution in [0.3, 0.4) is 0 Å². The van der Waals surface area contributed by atoms with Crippen molar-refractivity contribution in [1.29, 1.82) is 5.41 Å². The number of carboxylic acid groups (broad SMARTS) is 2. The summed E-state index contributed by atoms with van der Waals surface area (Å²) in [6.45, 7) is 0. The van der Waals surface area contributed by atoms with Crippen LogP contribution in [0.25, 0.3) is 11.1 Å². The monoisotopic (exact) mass is 539 g/mol. The van der Waals surface area contributed by atoms with E-state index in [2.05, 4.69) is 4.72 Å². The molecule has 0 aliphatic carbocycles. The maximum atomic E-state index is 11.7.